The maximum atomic E-state index is 12.6. The number of benzene rings is 1. The van der Waals surface area contributed by atoms with Gasteiger partial charge in [-0.1, -0.05) is 13.0 Å². The molecule has 0 bridgehead atoms. The Labute approximate surface area is 176 Å². The minimum Gasteiger partial charge on any atom is -0.387 e. The second-order valence-electron chi connectivity index (χ2n) is 8.46. The molecule has 0 saturated heterocycles. The van der Waals surface area contributed by atoms with Crippen LogP contribution in [0.5, 0.6) is 0 Å². The molecule has 158 valence electrons. The summed E-state index contributed by atoms with van der Waals surface area (Å²) in [6.45, 7) is 5.40. The Balaban J connectivity index is 1.81. The van der Waals surface area contributed by atoms with E-state index in [1.807, 2.05) is 23.1 Å². The number of pyridine rings is 1. The van der Waals surface area contributed by atoms with Crippen LogP contribution in [0.15, 0.2) is 36.4 Å². The van der Waals surface area contributed by atoms with Crippen molar-refractivity contribution in [2.24, 2.45) is 17.6 Å². The number of rotatable bonds is 5. The zero-order chi connectivity index (χ0) is 21.6. The number of anilines is 2. The molecule has 0 unspecified atom stereocenters. The molecule has 2 aliphatic rings. The average molecular weight is 409 g/mol. The third kappa shape index (κ3) is 3.65. The number of hydrogen-bond acceptors (Lipinski definition) is 5. The van der Waals surface area contributed by atoms with Crippen molar-refractivity contribution in [1.29, 1.82) is 0 Å². The number of carbonyl (C=O) groups excluding carboxylic acids is 2. The first kappa shape index (κ1) is 20.3. The molecule has 1 saturated carbocycles. The minimum absolute atomic E-state index is 0.000460. The summed E-state index contributed by atoms with van der Waals surface area (Å²) in [6.07, 6.45) is 1.54. The topological polar surface area (TPSA) is 109 Å². The molecule has 4 N–H and O–H groups in total. The quantitative estimate of drug-likeness (QED) is 0.704. The zero-order valence-corrected chi connectivity index (χ0v) is 17.5. The van der Waals surface area contributed by atoms with Crippen molar-refractivity contribution in [3.63, 3.8) is 0 Å². The van der Waals surface area contributed by atoms with Crippen molar-refractivity contribution < 1.29 is 14.7 Å². The molecule has 1 aliphatic carbocycles. The minimum atomic E-state index is -0.670. The van der Waals surface area contributed by atoms with Gasteiger partial charge in [-0.3, -0.25) is 9.59 Å². The van der Waals surface area contributed by atoms with Crippen LogP contribution < -0.4 is 16.0 Å². The molecule has 1 aromatic carbocycles. The van der Waals surface area contributed by atoms with Crippen molar-refractivity contribution in [3.8, 4) is 0 Å². The van der Waals surface area contributed by atoms with Crippen LogP contribution in [-0.2, 0) is 4.79 Å². The van der Waals surface area contributed by atoms with E-state index in [1.165, 1.54) is 0 Å². The lowest BCUT2D eigenvalue weighted by atomic mass is 9.79. The number of aromatic nitrogens is 1. The number of amides is 2. The van der Waals surface area contributed by atoms with Crippen LogP contribution in [0, 0.1) is 11.8 Å². The Hall–Kier alpha value is -2.93. The van der Waals surface area contributed by atoms with Crippen LogP contribution in [0.3, 0.4) is 0 Å². The second-order valence-corrected chi connectivity index (χ2v) is 8.46. The fraction of sp³-hybridized carbons (Fsp3) is 0.435. The highest BCUT2D eigenvalue weighted by Crippen LogP contribution is 2.50. The molecule has 4 rings (SSSR count). The van der Waals surface area contributed by atoms with Gasteiger partial charge >= 0.3 is 0 Å². The van der Waals surface area contributed by atoms with Gasteiger partial charge in [-0.15, -0.1) is 0 Å². The standard InChI is InChI=1S/C23H28N4O3/c1-12-21(26-20-6-4-5-18(25-20)13(2)28)17-11-16(23(24)30)9-10-19(17)27(14(3)29)22(12)15-7-8-15/h4-6,9-13,15,21-22,28H,7-8H2,1-3H3,(H2,24,30)(H,25,26)/t12-,13-,21-,22-/m1/s1. The number of carbonyl (C=O) groups is 2. The van der Waals surface area contributed by atoms with Gasteiger partial charge < -0.3 is 21.1 Å². The fourth-order valence-corrected chi connectivity index (χ4v) is 4.64. The van der Waals surface area contributed by atoms with E-state index < -0.39 is 12.0 Å². The third-order valence-electron chi connectivity index (χ3n) is 6.22. The van der Waals surface area contributed by atoms with Crippen LogP contribution in [0.25, 0.3) is 0 Å². The van der Waals surface area contributed by atoms with E-state index in [4.69, 9.17) is 5.73 Å². The molecule has 7 heteroatoms. The molecule has 0 radical (unpaired) electrons. The van der Waals surface area contributed by atoms with Crippen molar-refractivity contribution in [1.82, 2.24) is 4.98 Å². The maximum Gasteiger partial charge on any atom is 0.248 e. The van der Waals surface area contributed by atoms with Crippen LogP contribution in [0.2, 0.25) is 0 Å². The normalized spacial score (nSPS) is 24.1. The van der Waals surface area contributed by atoms with Crippen LogP contribution in [0.1, 0.15) is 67.4 Å². The Morgan fingerprint density at radius 3 is 2.60 bits per heavy atom. The SMILES string of the molecule is CC(=O)N1c2ccc(C(N)=O)cc2[C@H](Nc2cccc([C@@H](C)O)n2)[C@@H](C)[C@@H]1C1CC1. The zero-order valence-electron chi connectivity index (χ0n) is 17.5. The highest BCUT2D eigenvalue weighted by atomic mass is 16.3. The number of nitrogens with one attached hydrogen (secondary N) is 1. The Morgan fingerprint density at radius 2 is 2.00 bits per heavy atom. The van der Waals surface area contributed by atoms with Crippen molar-refractivity contribution >= 4 is 23.3 Å². The van der Waals surface area contributed by atoms with Gasteiger partial charge in [-0.05, 0) is 61.6 Å². The number of fused-ring (bicyclic) bond motifs is 1. The van der Waals surface area contributed by atoms with E-state index in [0.29, 0.717) is 23.0 Å². The van der Waals surface area contributed by atoms with E-state index in [2.05, 4.69) is 17.2 Å². The lowest BCUT2D eigenvalue weighted by molar-refractivity contribution is -0.117. The number of nitrogens with two attached hydrogens (primary N) is 1. The van der Waals surface area contributed by atoms with Gasteiger partial charge in [0.15, 0.2) is 0 Å². The lowest BCUT2D eigenvalue weighted by Crippen LogP contribution is -2.51. The first-order valence-electron chi connectivity index (χ1n) is 10.4. The van der Waals surface area contributed by atoms with E-state index in [1.54, 1.807) is 32.0 Å². The van der Waals surface area contributed by atoms with Crippen LogP contribution >= 0.6 is 0 Å². The molecule has 7 nitrogen and oxygen atoms in total. The number of aliphatic hydroxyl groups is 1. The number of hydrogen-bond donors (Lipinski definition) is 3. The molecule has 2 heterocycles. The molecule has 4 atom stereocenters. The molecular weight excluding hydrogens is 380 g/mol. The van der Waals surface area contributed by atoms with Gasteiger partial charge in [0.25, 0.3) is 0 Å². The lowest BCUT2D eigenvalue weighted by Gasteiger charge is -2.46. The third-order valence-corrected chi connectivity index (χ3v) is 6.22. The summed E-state index contributed by atoms with van der Waals surface area (Å²) in [5.41, 5.74) is 8.19. The smallest absolute Gasteiger partial charge is 0.248 e. The highest BCUT2D eigenvalue weighted by Gasteiger charge is 2.47. The van der Waals surface area contributed by atoms with E-state index in [0.717, 1.165) is 24.1 Å². The van der Waals surface area contributed by atoms with Gasteiger partial charge in [0, 0.05) is 30.1 Å². The predicted molar refractivity (Wildman–Crippen MR) is 115 cm³/mol. The summed E-state index contributed by atoms with van der Waals surface area (Å²) < 4.78 is 0. The van der Waals surface area contributed by atoms with Gasteiger partial charge in [-0.25, -0.2) is 4.98 Å². The maximum absolute atomic E-state index is 12.6. The monoisotopic (exact) mass is 408 g/mol. The summed E-state index contributed by atoms with van der Waals surface area (Å²) >= 11 is 0. The first-order valence-corrected chi connectivity index (χ1v) is 10.4. The largest absolute Gasteiger partial charge is 0.387 e. The average Bonchev–Trinajstić information content (AvgIpc) is 3.54. The molecule has 0 spiro atoms. The van der Waals surface area contributed by atoms with E-state index in [-0.39, 0.29) is 23.9 Å². The summed E-state index contributed by atoms with van der Waals surface area (Å²) in [7, 11) is 0. The van der Waals surface area contributed by atoms with Gasteiger partial charge in [0.05, 0.1) is 17.8 Å². The van der Waals surface area contributed by atoms with E-state index in [9.17, 15) is 14.7 Å². The second kappa shape index (κ2) is 7.72. The predicted octanol–water partition coefficient (Wildman–Crippen LogP) is 3.17. The van der Waals surface area contributed by atoms with Gasteiger partial charge in [0.2, 0.25) is 11.8 Å². The Morgan fingerprint density at radius 1 is 1.27 bits per heavy atom. The summed E-state index contributed by atoms with van der Waals surface area (Å²) in [6, 6.07) is 10.7. The van der Waals surface area contributed by atoms with Crippen molar-refractivity contribution in [2.45, 2.75) is 51.8 Å². The fourth-order valence-electron chi connectivity index (χ4n) is 4.64. The molecule has 1 aliphatic heterocycles. The molecule has 30 heavy (non-hydrogen) atoms. The number of primary amides is 1. The summed E-state index contributed by atoms with van der Waals surface area (Å²) in [5.74, 6) is 0.700. The first-order chi connectivity index (χ1) is 14.3. The van der Waals surface area contributed by atoms with Crippen LogP contribution in [0.4, 0.5) is 11.5 Å². The Bertz CT molecular complexity index is 986. The van der Waals surface area contributed by atoms with Crippen molar-refractivity contribution in [2.75, 3.05) is 10.2 Å². The molecule has 1 aromatic heterocycles. The molecule has 2 aromatic rings. The molecule has 1 fully saturated rings. The van der Waals surface area contributed by atoms with E-state index >= 15 is 0 Å². The van der Waals surface area contributed by atoms with Gasteiger partial charge in [-0.2, -0.15) is 0 Å². The number of nitrogens with zero attached hydrogens (tertiary/aromatic N) is 2. The van der Waals surface area contributed by atoms with Gasteiger partial charge in [0.1, 0.15) is 5.82 Å². The van der Waals surface area contributed by atoms with Crippen LogP contribution in [-0.4, -0.2) is 27.9 Å². The van der Waals surface area contributed by atoms with Crippen molar-refractivity contribution in [3.05, 3.63) is 53.2 Å². The molecule has 2 amide bonds. The molecular formula is C23H28N4O3. The highest BCUT2D eigenvalue weighted by molar-refractivity contribution is 5.97. The summed E-state index contributed by atoms with van der Waals surface area (Å²) in [5, 5.41) is 13.4. The number of aliphatic hydroxyl groups excluding tert-OH is 1. The Kier molecular flexibility index (Phi) is 5.24. The summed E-state index contributed by atoms with van der Waals surface area (Å²) in [4.78, 5) is 30.9.